The number of aliphatic carboxylic acids is 1. The molecule has 0 amide bonds. The fraction of sp³-hybridized carbons (Fsp3) is 0.333. The average molecular weight is 403 g/mol. The maximum Gasteiger partial charge on any atom is 0.339 e. The molecule has 2 aromatic carbocycles. The first-order chi connectivity index (χ1) is 12.9. The van der Waals surface area contributed by atoms with Gasteiger partial charge in [-0.1, -0.05) is 32.9 Å². The first-order valence-corrected chi connectivity index (χ1v) is 10.2. The van der Waals surface area contributed by atoms with E-state index in [-0.39, 0.29) is 21.6 Å². The van der Waals surface area contributed by atoms with Crippen molar-refractivity contribution in [3.05, 3.63) is 58.7 Å². The molecule has 0 radical (unpaired) electrons. The molecule has 150 valence electrons. The fourth-order valence-corrected chi connectivity index (χ4v) is 3.81. The van der Waals surface area contributed by atoms with Crippen LogP contribution in [0.2, 0.25) is 0 Å². The van der Waals surface area contributed by atoms with Crippen LogP contribution in [0.4, 0.5) is 0 Å². The minimum Gasteiger partial charge on any atom is -0.541 e. The maximum absolute atomic E-state index is 12.7. The molecule has 0 unspecified atom stereocenters. The molecular weight excluding hydrogens is 380 g/mol. The van der Waals surface area contributed by atoms with E-state index >= 15 is 0 Å². The van der Waals surface area contributed by atoms with E-state index in [2.05, 4.69) is 20.8 Å². The number of ketones is 1. The average Bonchev–Trinajstić information content (AvgIpc) is 2.63. The Bertz CT molecular complexity index is 994. The summed E-state index contributed by atoms with van der Waals surface area (Å²) in [4.78, 5) is 22.3. The van der Waals surface area contributed by atoms with E-state index in [1.54, 1.807) is 12.1 Å². The van der Waals surface area contributed by atoms with E-state index in [1.165, 1.54) is 38.1 Å². The van der Waals surface area contributed by atoms with Gasteiger partial charge in [-0.3, -0.25) is 4.79 Å². The quantitative estimate of drug-likeness (QED) is 0.400. The highest BCUT2D eigenvalue weighted by Gasteiger charge is 2.23. The van der Waals surface area contributed by atoms with Crippen molar-refractivity contribution in [3.8, 4) is 5.75 Å². The van der Waals surface area contributed by atoms with Crippen molar-refractivity contribution in [3.63, 3.8) is 0 Å². The van der Waals surface area contributed by atoms with Crippen molar-refractivity contribution >= 4 is 21.9 Å². The minimum atomic E-state index is -4.09. The molecule has 2 rings (SSSR count). The topological polar surface area (TPSA) is 101 Å². The lowest BCUT2D eigenvalue weighted by Gasteiger charge is -2.23. The largest absolute Gasteiger partial charge is 0.541 e. The normalized spacial score (nSPS) is 11.9. The Balaban J connectivity index is 2.37. The van der Waals surface area contributed by atoms with Crippen molar-refractivity contribution in [2.45, 2.75) is 51.3 Å². The number of aryl methyl sites for hydroxylation is 2. The van der Waals surface area contributed by atoms with Crippen molar-refractivity contribution in [1.29, 1.82) is 0 Å². The summed E-state index contributed by atoms with van der Waals surface area (Å²) in [6.07, 6.45) is 0.908. The van der Waals surface area contributed by atoms with Gasteiger partial charge in [-0.05, 0) is 66.6 Å². The van der Waals surface area contributed by atoms with Gasteiger partial charge in [0.05, 0.1) is 0 Å². The summed E-state index contributed by atoms with van der Waals surface area (Å²) < 4.78 is 30.6. The molecule has 0 saturated carbocycles. The first kappa shape index (κ1) is 21.6. The number of benzene rings is 2. The molecule has 2 aromatic rings. The van der Waals surface area contributed by atoms with Crippen molar-refractivity contribution < 1.29 is 27.3 Å². The number of hydrogen-bond donors (Lipinski definition) is 0. The third-order valence-electron chi connectivity index (χ3n) is 4.91. The summed E-state index contributed by atoms with van der Waals surface area (Å²) in [6, 6.07) is 9.06. The fourth-order valence-electron chi connectivity index (χ4n) is 2.77. The monoisotopic (exact) mass is 403 g/mol. The minimum absolute atomic E-state index is 0.0110. The van der Waals surface area contributed by atoms with Crippen LogP contribution in [0, 0.1) is 13.8 Å². The van der Waals surface area contributed by atoms with E-state index in [0.717, 1.165) is 12.0 Å². The summed E-state index contributed by atoms with van der Waals surface area (Å²) in [5, 5.41) is 10.8. The number of carbonyl (C=O) groups is 2. The highest BCUT2D eigenvalue weighted by Crippen LogP contribution is 2.30. The van der Waals surface area contributed by atoms with Crippen LogP contribution in [0.25, 0.3) is 0 Å². The van der Waals surface area contributed by atoms with Crippen molar-refractivity contribution in [1.82, 2.24) is 0 Å². The molecule has 0 saturated heterocycles. The highest BCUT2D eigenvalue weighted by atomic mass is 32.2. The van der Waals surface area contributed by atoms with Crippen LogP contribution in [0.1, 0.15) is 54.2 Å². The molecule has 0 aromatic heterocycles. The number of carbonyl (C=O) groups excluding carboxylic acids is 2. The Kier molecular flexibility index (Phi) is 5.99. The molecular formula is C21H23O6S-. The van der Waals surface area contributed by atoms with E-state index in [4.69, 9.17) is 4.18 Å². The van der Waals surface area contributed by atoms with Crippen LogP contribution in [0.5, 0.6) is 5.75 Å². The van der Waals surface area contributed by atoms with E-state index < -0.39 is 21.9 Å². The zero-order valence-corrected chi connectivity index (χ0v) is 17.3. The third-order valence-corrected chi connectivity index (χ3v) is 6.14. The van der Waals surface area contributed by atoms with E-state index in [1.807, 2.05) is 0 Å². The van der Waals surface area contributed by atoms with Gasteiger partial charge in [0.1, 0.15) is 16.6 Å². The molecule has 0 bridgehead atoms. The molecule has 0 atom stereocenters. The van der Waals surface area contributed by atoms with Gasteiger partial charge in [-0.25, -0.2) is 0 Å². The summed E-state index contributed by atoms with van der Waals surface area (Å²) in [6.45, 7) is 9.30. The van der Waals surface area contributed by atoms with Gasteiger partial charge in [-0.15, -0.1) is 0 Å². The number of carboxylic acids is 1. The number of carboxylic acid groups (broad SMARTS) is 1. The van der Waals surface area contributed by atoms with E-state index in [0.29, 0.717) is 11.1 Å². The van der Waals surface area contributed by atoms with Crippen LogP contribution in [-0.4, -0.2) is 20.2 Å². The smallest absolute Gasteiger partial charge is 0.339 e. The molecule has 0 aliphatic carbocycles. The first-order valence-electron chi connectivity index (χ1n) is 8.81. The predicted octanol–water partition coefficient (Wildman–Crippen LogP) is 2.69. The second kappa shape index (κ2) is 7.75. The van der Waals surface area contributed by atoms with E-state index in [9.17, 15) is 23.1 Å². The third kappa shape index (κ3) is 4.42. The summed E-state index contributed by atoms with van der Waals surface area (Å²) >= 11 is 0. The van der Waals surface area contributed by atoms with Gasteiger partial charge < -0.3 is 14.1 Å². The Morgan fingerprint density at radius 3 is 1.96 bits per heavy atom. The number of rotatable bonds is 7. The lowest BCUT2D eigenvalue weighted by Crippen LogP contribution is -2.31. The van der Waals surface area contributed by atoms with Gasteiger partial charge in [0.2, 0.25) is 5.78 Å². The molecule has 0 aliphatic heterocycles. The summed E-state index contributed by atoms with van der Waals surface area (Å²) in [5.74, 6) is -2.93. The summed E-state index contributed by atoms with van der Waals surface area (Å²) in [5.41, 5.74) is 1.52. The molecule has 28 heavy (non-hydrogen) atoms. The Morgan fingerprint density at radius 2 is 1.54 bits per heavy atom. The van der Waals surface area contributed by atoms with Crippen molar-refractivity contribution in [2.24, 2.45) is 0 Å². The molecule has 7 heteroatoms. The summed E-state index contributed by atoms with van der Waals surface area (Å²) in [7, 11) is -4.09. The lowest BCUT2D eigenvalue weighted by molar-refractivity contribution is -0.296. The second-order valence-electron chi connectivity index (χ2n) is 7.36. The zero-order chi connectivity index (χ0) is 21.3. The maximum atomic E-state index is 12.7. The van der Waals surface area contributed by atoms with Crippen LogP contribution < -0.4 is 9.29 Å². The van der Waals surface area contributed by atoms with Crippen LogP contribution in [0.15, 0.2) is 41.3 Å². The highest BCUT2D eigenvalue weighted by molar-refractivity contribution is 7.87. The second-order valence-corrected chi connectivity index (χ2v) is 8.90. The van der Waals surface area contributed by atoms with Gasteiger partial charge >= 0.3 is 10.1 Å². The van der Waals surface area contributed by atoms with Gasteiger partial charge in [0.15, 0.2) is 0 Å². The van der Waals surface area contributed by atoms with Gasteiger partial charge in [0, 0.05) is 5.56 Å². The van der Waals surface area contributed by atoms with Crippen LogP contribution in [0.3, 0.4) is 0 Å². The SMILES string of the molecule is CCC(C)(C)c1ccc(S(=O)(=O)Oc2c(C)cc(C(=O)C(=O)[O-])cc2C)cc1. The Labute approximate surface area is 165 Å². The molecule has 0 aliphatic rings. The van der Waals surface area contributed by atoms with Gasteiger partial charge in [0.25, 0.3) is 0 Å². The molecule has 0 fully saturated rings. The standard InChI is InChI=1S/C21H24O6S/c1-6-21(4,5)16-7-9-17(10-8-16)28(25,26)27-19-13(2)11-15(12-14(19)3)18(22)20(23)24/h7-12H,6H2,1-5H3,(H,23,24)/p-1. The molecule has 0 spiro atoms. The van der Waals surface area contributed by atoms with Crippen LogP contribution in [-0.2, 0) is 20.3 Å². The molecule has 0 N–H and O–H groups in total. The van der Waals surface area contributed by atoms with Crippen molar-refractivity contribution in [2.75, 3.05) is 0 Å². The lowest BCUT2D eigenvalue weighted by atomic mass is 9.82. The zero-order valence-electron chi connectivity index (χ0n) is 16.5. The Hall–Kier alpha value is -2.67. The van der Waals surface area contributed by atoms with Crippen LogP contribution >= 0.6 is 0 Å². The number of hydrogen-bond acceptors (Lipinski definition) is 6. The van der Waals surface area contributed by atoms with Gasteiger partial charge in [-0.2, -0.15) is 8.42 Å². The molecule has 0 heterocycles. The Morgan fingerprint density at radius 1 is 1.04 bits per heavy atom. The predicted molar refractivity (Wildman–Crippen MR) is 103 cm³/mol. The number of Topliss-reactive ketones (excluding diaryl/α,β-unsaturated/α-hetero) is 1. The molecule has 6 nitrogen and oxygen atoms in total.